The number of nitriles is 1. The molecule has 92 valence electrons. The molecule has 0 bridgehead atoms. The lowest BCUT2D eigenvalue weighted by molar-refractivity contribution is 0.0215. The average molecular weight is 305 g/mol. The predicted molar refractivity (Wildman–Crippen MR) is 64.2 cm³/mol. The standard InChI is InChI=1S/C11H11BrF2N2O/c12-9-2-1-3-10(8(9)6-15)16-4-5-17-7-11(13)14/h1-3,11,16H,4-5,7H2. The summed E-state index contributed by atoms with van der Waals surface area (Å²) in [5.41, 5.74) is 1.14. The number of ether oxygens (including phenoxy) is 1. The van der Waals surface area contributed by atoms with Crippen LogP contribution >= 0.6 is 15.9 Å². The van der Waals surface area contributed by atoms with E-state index in [9.17, 15) is 8.78 Å². The van der Waals surface area contributed by atoms with E-state index in [1.165, 1.54) is 0 Å². The van der Waals surface area contributed by atoms with E-state index in [1.54, 1.807) is 18.2 Å². The second-order valence-electron chi connectivity index (χ2n) is 3.17. The van der Waals surface area contributed by atoms with Crippen molar-refractivity contribution >= 4 is 21.6 Å². The molecule has 0 saturated carbocycles. The minimum atomic E-state index is -2.45. The van der Waals surface area contributed by atoms with E-state index in [0.29, 0.717) is 22.3 Å². The second kappa shape index (κ2) is 7.20. The Morgan fingerprint density at radius 2 is 2.24 bits per heavy atom. The molecule has 0 aliphatic carbocycles. The molecule has 0 radical (unpaired) electrons. The van der Waals surface area contributed by atoms with Gasteiger partial charge in [0, 0.05) is 11.0 Å². The molecule has 0 aliphatic heterocycles. The zero-order valence-corrected chi connectivity index (χ0v) is 10.5. The zero-order chi connectivity index (χ0) is 12.7. The SMILES string of the molecule is N#Cc1c(Br)cccc1NCCOCC(F)F. The molecule has 3 nitrogen and oxygen atoms in total. The number of hydrogen-bond donors (Lipinski definition) is 1. The summed E-state index contributed by atoms with van der Waals surface area (Å²) in [6.07, 6.45) is -2.45. The van der Waals surface area contributed by atoms with Crippen LogP contribution in [0.15, 0.2) is 22.7 Å². The van der Waals surface area contributed by atoms with E-state index in [2.05, 4.69) is 27.3 Å². The maximum atomic E-state index is 11.8. The maximum Gasteiger partial charge on any atom is 0.261 e. The lowest BCUT2D eigenvalue weighted by Gasteiger charge is -2.09. The van der Waals surface area contributed by atoms with Gasteiger partial charge in [0.2, 0.25) is 0 Å². The molecule has 0 saturated heterocycles. The quantitative estimate of drug-likeness (QED) is 0.822. The maximum absolute atomic E-state index is 11.8. The van der Waals surface area contributed by atoms with Crippen molar-refractivity contribution in [1.29, 1.82) is 5.26 Å². The van der Waals surface area contributed by atoms with Crippen molar-refractivity contribution in [2.75, 3.05) is 25.1 Å². The van der Waals surface area contributed by atoms with Crippen molar-refractivity contribution in [3.8, 4) is 6.07 Å². The average Bonchev–Trinajstić information content (AvgIpc) is 2.28. The Labute approximate surface area is 107 Å². The van der Waals surface area contributed by atoms with Gasteiger partial charge in [0.1, 0.15) is 12.7 Å². The first-order valence-electron chi connectivity index (χ1n) is 4.93. The predicted octanol–water partition coefficient (Wildman–Crippen LogP) is 3.01. The Morgan fingerprint density at radius 1 is 1.47 bits per heavy atom. The number of nitrogens with zero attached hydrogens (tertiary/aromatic N) is 1. The summed E-state index contributed by atoms with van der Waals surface area (Å²) in [6.45, 7) is -0.0230. The third-order valence-electron chi connectivity index (χ3n) is 1.93. The molecular formula is C11H11BrF2N2O. The number of hydrogen-bond acceptors (Lipinski definition) is 3. The van der Waals surface area contributed by atoms with Crippen molar-refractivity contribution in [2.45, 2.75) is 6.43 Å². The highest BCUT2D eigenvalue weighted by Gasteiger charge is 2.05. The first-order chi connectivity index (χ1) is 8.15. The van der Waals surface area contributed by atoms with Crippen LogP contribution in [-0.2, 0) is 4.74 Å². The minimum absolute atomic E-state index is 0.168. The fourth-order valence-electron chi connectivity index (χ4n) is 1.22. The molecule has 1 aromatic carbocycles. The Balaban J connectivity index is 2.42. The van der Waals surface area contributed by atoms with Crippen molar-refractivity contribution in [2.24, 2.45) is 0 Å². The lowest BCUT2D eigenvalue weighted by Crippen LogP contribution is -2.13. The number of benzene rings is 1. The molecule has 1 aromatic rings. The summed E-state index contributed by atoms with van der Waals surface area (Å²) in [4.78, 5) is 0. The fourth-order valence-corrected chi connectivity index (χ4v) is 1.67. The van der Waals surface area contributed by atoms with E-state index < -0.39 is 13.0 Å². The molecule has 0 fully saturated rings. The molecule has 0 amide bonds. The summed E-state index contributed by atoms with van der Waals surface area (Å²) in [7, 11) is 0. The fraction of sp³-hybridized carbons (Fsp3) is 0.364. The number of anilines is 1. The molecule has 0 spiro atoms. The molecule has 1 rings (SSSR count). The van der Waals surface area contributed by atoms with Crippen LogP contribution in [0, 0.1) is 11.3 Å². The lowest BCUT2D eigenvalue weighted by atomic mass is 10.2. The van der Waals surface area contributed by atoms with Gasteiger partial charge in [0.25, 0.3) is 6.43 Å². The molecule has 0 atom stereocenters. The number of rotatable bonds is 6. The molecule has 6 heteroatoms. The molecular weight excluding hydrogens is 294 g/mol. The van der Waals surface area contributed by atoms with Gasteiger partial charge in [0.05, 0.1) is 17.9 Å². The summed E-state index contributed by atoms with van der Waals surface area (Å²) in [5.74, 6) is 0. The van der Waals surface area contributed by atoms with E-state index in [4.69, 9.17) is 10.00 Å². The third kappa shape index (κ3) is 4.67. The van der Waals surface area contributed by atoms with Crippen LogP contribution in [0.5, 0.6) is 0 Å². The highest BCUT2D eigenvalue weighted by atomic mass is 79.9. The van der Waals surface area contributed by atoms with Gasteiger partial charge < -0.3 is 10.1 Å². The van der Waals surface area contributed by atoms with E-state index >= 15 is 0 Å². The summed E-state index contributed by atoms with van der Waals surface area (Å²) in [6, 6.07) is 7.35. The van der Waals surface area contributed by atoms with Crippen LogP contribution in [0.1, 0.15) is 5.56 Å². The normalized spacial score (nSPS) is 10.3. The van der Waals surface area contributed by atoms with Crippen molar-refractivity contribution in [3.63, 3.8) is 0 Å². The van der Waals surface area contributed by atoms with E-state index in [0.717, 1.165) is 0 Å². The molecule has 0 aliphatic rings. The Hall–Kier alpha value is -1.19. The number of halogens is 3. The van der Waals surface area contributed by atoms with Gasteiger partial charge in [-0.05, 0) is 28.1 Å². The zero-order valence-electron chi connectivity index (χ0n) is 8.92. The first kappa shape index (κ1) is 13.9. The van der Waals surface area contributed by atoms with Crippen molar-refractivity contribution < 1.29 is 13.5 Å². The third-order valence-corrected chi connectivity index (χ3v) is 2.59. The van der Waals surface area contributed by atoms with Crippen molar-refractivity contribution in [1.82, 2.24) is 0 Å². The Kier molecular flexibility index (Phi) is 5.87. The van der Waals surface area contributed by atoms with Gasteiger partial charge in [-0.2, -0.15) is 5.26 Å². The molecule has 0 unspecified atom stereocenters. The van der Waals surface area contributed by atoms with Gasteiger partial charge in [0.15, 0.2) is 0 Å². The largest absolute Gasteiger partial charge is 0.382 e. The van der Waals surface area contributed by atoms with Gasteiger partial charge >= 0.3 is 0 Å². The summed E-state index contributed by atoms with van der Waals surface area (Å²) < 4.78 is 28.9. The van der Waals surface area contributed by atoms with Crippen LogP contribution in [0.3, 0.4) is 0 Å². The Morgan fingerprint density at radius 3 is 2.88 bits per heavy atom. The van der Waals surface area contributed by atoms with Gasteiger partial charge in [-0.1, -0.05) is 6.07 Å². The first-order valence-corrected chi connectivity index (χ1v) is 5.73. The van der Waals surface area contributed by atoms with Crippen LogP contribution in [0.25, 0.3) is 0 Å². The molecule has 0 heterocycles. The second-order valence-corrected chi connectivity index (χ2v) is 4.02. The van der Waals surface area contributed by atoms with E-state index in [-0.39, 0.29) is 6.61 Å². The van der Waals surface area contributed by atoms with Gasteiger partial charge in [-0.25, -0.2) is 8.78 Å². The van der Waals surface area contributed by atoms with Crippen molar-refractivity contribution in [3.05, 3.63) is 28.2 Å². The van der Waals surface area contributed by atoms with Crippen LogP contribution < -0.4 is 5.32 Å². The van der Waals surface area contributed by atoms with Gasteiger partial charge in [-0.15, -0.1) is 0 Å². The number of nitrogens with one attached hydrogen (secondary N) is 1. The minimum Gasteiger partial charge on any atom is -0.382 e. The smallest absolute Gasteiger partial charge is 0.261 e. The van der Waals surface area contributed by atoms with Crippen LogP contribution in [-0.4, -0.2) is 26.2 Å². The monoisotopic (exact) mass is 304 g/mol. The topological polar surface area (TPSA) is 45.0 Å². The Bertz CT molecular complexity index is 407. The number of alkyl halides is 2. The summed E-state index contributed by atoms with van der Waals surface area (Å²) in [5, 5.41) is 11.9. The highest BCUT2D eigenvalue weighted by molar-refractivity contribution is 9.10. The molecule has 0 aromatic heterocycles. The van der Waals surface area contributed by atoms with Crippen LogP contribution in [0.4, 0.5) is 14.5 Å². The van der Waals surface area contributed by atoms with E-state index in [1.807, 2.05) is 0 Å². The van der Waals surface area contributed by atoms with Gasteiger partial charge in [-0.3, -0.25) is 0 Å². The highest BCUT2D eigenvalue weighted by Crippen LogP contribution is 2.23. The molecule has 1 N–H and O–H groups in total. The van der Waals surface area contributed by atoms with Crippen LogP contribution in [0.2, 0.25) is 0 Å². The molecule has 17 heavy (non-hydrogen) atoms. The summed E-state index contributed by atoms with van der Waals surface area (Å²) >= 11 is 3.26.